The van der Waals surface area contributed by atoms with E-state index in [0.29, 0.717) is 11.8 Å². The number of ether oxygens (including phenoxy) is 1. The molecule has 1 amide bonds. The van der Waals surface area contributed by atoms with Crippen molar-refractivity contribution in [2.24, 2.45) is 9.98 Å². The van der Waals surface area contributed by atoms with E-state index in [-0.39, 0.29) is 16.8 Å². The van der Waals surface area contributed by atoms with E-state index >= 15 is 0 Å². The highest BCUT2D eigenvalue weighted by Gasteiger charge is 2.43. The lowest BCUT2D eigenvalue weighted by Gasteiger charge is -2.34. The molecule has 1 unspecified atom stereocenters. The molecule has 0 bridgehead atoms. The van der Waals surface area contributed by atoms with Gasteiger partial charge in [-0.3, -0.25) is 4.79 Å². The van der Waals surface area contributed by atoms with E-state index in [1.165, 1.54) is 17.3 Å². The molecule has 3 aliphatic rings. The average Bonchev–Trinajstić information content (AvgIpc) is 2.65. The molecule has 0 spiro atoms. The maximum absolute atomic E-state index is 12.1. The molecule has 1 atom stereocenters. The molecule has 0 aliphatic carbocycles. The van der Waals surface area contributed by atoms with E-state index in [1.807, 2.05) is 6.26 Å². The average molecular weight is 282 g/mol. The van der Waals surface area contributed by atoms with Crippen molar-refractivity contribution in [2.45, 2.75) is 31.1 Å². The Morgan fingerprint density at radius 2 is 2.22 bits per heavy atom. The first-order chi connectivity index (χ1) is 8.50. The van der Waals surface area contributed by atoms with E-state index in [2.05, 4.69) is 23.8 Å². The first kappa shape index (κ1) is 12.4. The van der Waals surface area contributed by atoms with Crippen LogP contribution in [-0.2, 0) is 9.53 Å². The van der Waals surface area contributed by atoms with Crippen LogP contribution in [0.1, 0.15) is 20.3 Å². The number of amidine groups is 1. The molecule has 3 heterocycles. The second-order valence-electron chi connectivity index (χ2n) is 5.07. The lowest BCUT2D eigenvalue weighted by atomic mass is 9.90. The number of aliphatic imine (C=N–C) groups is 2. The van der Waals surface area contributed by atoms with Gasteiger partial charge in [0.1, 0.15) is 5.04 Å². The Labute approximate surface area is 114 Å². The van der Waals surface area contributed by atoms with Gasteiger partial charge >= 0.3 is 0 Å². The van der Waals surface area contributed by atoms with E-state index in [9.17, 15) is 4.79 Å². The molecule has 18 heavy (non-hydrogen) atoms. The van der Waals surface area contributed by atoms with Crippen LogP contribution in [0.3, 0.4) is 0 Å². The van der Waals surface area contributed by atoms with Crippen molar-refractivity contribution in [1.29, 1.82) is 0 Å². The highest BCUT2D eigenvalue weighted by molar-refractivity contribution is 8.16. The molecule has 4 nitrogen and oxygen atoms in total. The predicted molar refractivity (Wildman–Crippen MR) is 76.4 cm³/mol. The minimum atomic E-state index is -0.196. The molecular weight excluding hydrogens is 268 g/mol. The third-order valence-electron chi connectivity index (χ3n) is 3.21. The number of thioether (sulfide) groups is 2. The van der Waals surface area contributed by atoms with Crippen molar-refractivity contribution in [3.63, 3.8) is 0 Å². The monoisotopic (exact) mass is 282 g/mol. The quantitative estimate of drug-likeness (QED) is 0.684. The van der Waals surface area contributed by atoms with Gasteiger partial charge in [0, 0.05) is 0 Å². The minimum absolute atomic E-state index is 0.132. The Bertz CT molecular complexity index is 520. The zero-order valence-corrected chi connectivity index (χ0v) is 12.2. The van der Waals surface area contributed by atoms with Crippen LogP contribution in [-0.4, -0.2) is 39.8 Å². The van der Waals surface area contributed by atoms with E-state index in [0.717, 1.165) is 17.0 Å². The third-order valence-corrected chi connectivity index (χ3v) is 4.98. The fourth-order valence-electron chi connectivity index (χ4n) is 2.37. The number of rotatable bonds is 0. The van der Waals surface area contributed by atoms with Gasteiger partial charge in [0.25, 0.3) is 5.91 Å². The molecule has 0 aromatic heterocycles. The first-order valence-electron chi connectivity index (χ1n) is 5.80. The highest BCUT2D eigenvalue weighted by atomic mass is 32.2. The molecule has 0 aromatic rings. The van der Waals surface area contributed by atoms with Crippen LogP contribution in [0.2, 0.25) is 0 Å². The van der Waals surface area contributed by atoms with Crippen LogP contribution < -0.4 is 0 Å². The fourth-order valence-corrected chi connectivity index (χ4v) is 4.01. The van der Waals surface area contributed by atoms with Gasteiger partial charge in [0.05, 0.1) is 23.0 Å². The number of hydrogen-bond donors (Lipinski definition) is 0. The lowest BCUT2D eigenvalue weighted by molar-refractivity contribution is -0.114. The topological polar surface area (TPSA) is 51.0 Å². The van der Waals surface area contributed by atoms with Gasteiger partial charge in [0.15, 0.2) is 5.17 Å². The Morgan fingerprint density at radius 1 is 1.44 bits per heavy atom. The summed E-state index contributed by atoms with van der Waals surface area (Å²) in [7, 11) is 0. The van der Waals surface area contributed by atoms with E-state index in [1.54, 1.807) is 11.8 Å². The van der Waals surface area contributed by atoms with Gasteiger partial charge in [-0.15, -0.1) is 0 Å². The van der Waals surface area contributed by atoms with Crippen LogP contribution >= 0.6 is 23.5 Å². The second kappa shape index (κ2) is 4.21. The van der Waals surface area contributed by atoms with Crippen molar-refractivity contribution in [2.75, 3.05) is 12.9 Å². The summed E-state index contributed by atoms with van der Waals surface area (Å²) in [6.45, 7) is 4.76. The molecule has 3 aliphatic heterocycles. The zero-order chi connectivity index (χ0) is 12.9. The van der Waals surface area contributed by atoms with Gasteiger partial charge in [-0.25, -0.2) is 4.99 Å². The SMILES string of the molecule is CSC1=NC(=O)C2=C3CC(C)(C)OCC3SC2=N1. The Balaban J connectivity index is 2.03. The van der Waals surface area contributed by atoms with Gasteiger partial charge in [0.2, 0.25) is 0 Å². The Morgan fingerprint density at radius 3 is 2.94 bits per heavy atom. The van der Waals surface area contributed by atoms with Gasteiger partial charge < -0.3 is 4.74 Å². The smallest absolute Gasteiger partial charge is 0.282 e. The normalized spacial score (nSPS) is 29.7. The molecule has 3 rings (SSSR count). The van der Waals surface area contributed by atoms with Crippen molar-refractivity contribution in [1.82, 2.24) is 0 Å². The van der Waals surface area contributed by atoms with Crippen LogP contribution in [0.15, 0.2) is 21.1 Å². The van der Waals surface area contributed by atoms with Crippen molar-refractivity contribution >= 4 is 39.6 Å². The van der Waals surface area contributed by atoms with Crippen molar-refractivity contribution < 1.29 is 9.53 Å². The summed E-state index contributed by atoms with van der Waals surface area (Å²) < 4.78 is 5.81. The van der Waals surface area contributed by atoms with Gasteiger partial charge in [-0.1, -0.05) is 23.5 Å². The standard InChI is InChI=1S/C12H14N2O2S2/c1-12(2)4-6-7(5-16-12)18-10-8(6)9(15)13-11(14-10)17-3/h7H,4-5H2,1-3H3. The maximum Gasteiger partial charge on any atom is 0.282 e. The third kappa shape index (κ3) is 1.96. The molecular formula is C12H14N2O2S2. The Hall–Kier alpha value is -0.590. The number of fused-ring (bicyclic) bond motifs is 2. The molecule has 1 fully saturated rings. The van der Waals surface area contributed by atoms with Crippen molar-refractivity contribution in [3.05, 3.63) is 11.1 Å². The lowest BCUT2D eigenvalue weighted by Crippen LogP contribution is -2.36. The summed E-state index contributed by atoms with van der Waals surface area (Å²) in [5.74, 6) is -0.132. The molecule has 0 aromatic carbocycles. The van der Waals surface area contributed by atoms with Crippen LogP contribution in [0.5, 0.6) is 0 Å². The minimum Gasteiger partial charge on any atom is -0.374 e. The highest BCUT2D eigenvalue weighted by Crippen LogP contribution is 2.45. The number of hydrogen-bond acceptors (Lipinski definition) is 5. The molecule has 0 N–H and O–H groups in total. The summed E-state index contributed by atoms with van der Waals surface area (Å²) in [6, 6.07) is 0. The number of carbonyl (C=O) groups is 1. The zero-order valence-electron chi connectivity index (χ0n) is 10.5. The first-order valence-corrected chi connectivity index (χ1v) is 7.90. The molecule has 96 valence electrons. The Kier molecular flexibility index (Phi) is 2.91. The second-order valence-corrected chi connectivity index (χ2v) is 7.04. The van der Waals surface area contributed by atoms with E-state index in [4.69, 9.17) is 4.74 Å². The van der Waals surface area contributed by atoms with Gasteiger partial charge in [-0.05, 0) is 32.1 Å². The molecule has 1 saturated heterocycles. The van der Waals surface area contributed by atoms with Gasteiger partial charge in [-0.2, -0.15) is 4.99 Å². The summed E-state index contributed by atoms with van der Waals surface area (Å²) in [5.41, 5.74) is 1.71. The molecule has 0 radical (unpaired) electrons. The molecule has 0 saturated carbocycles. The van der Waals surface area contributed by atoms with Crippen LogP contribution in [0.4, 0.5) is 0 Å². The summed E-state index contributed by atoms with van der Waals surface area (Å²) in [5, 5.41) is 1.64. The maximum atomic E-state index is 12.1. The number of nitrogens with zero attached hydrogens (tertiary/aromatic N) is 2. The number of amides is 1. The summed E-state index contributed by atoms with van der Waals surface area (Å²) in [6.07, 6.45) is 2.67. The van der Waals surface area contributed by atoms with Crippen molar-refractivity contribution in [3.8, 4) is 0 Å². The predicted octanol–water partition coefficient (Wildman–Crippen LogP) is 2.25. The van der Waals surface area contributed by atoms with Crippen LogP contribution in [0, 0.1) is 0 Å². The summed E-state index contributed by atoms with van der Waals surface area (Å²) in [4.78, 5) is 20.6. The largest absolute Gasteiger partial charge is 0.374 e. The summed E-state index contributed by atoms with van der Waals surface area (Å²) >= 11 is 3.04. The number of carbonyl (C=O) groups excluding carboxylic acids is 1. The fraction of sp³-hybridized carbons (Fsp3) is 0.583. The van der Waals surface area contributed by atoms with E-state index < -0.39 is 0 Å². The molecule has 6 heteroatoms. The van der Waals surface area contributed by atoms with Crippen LogP contribution in [0.25, 0.3) is 0 Å².